The van der Waals surface area contributed by atoms with Gasteiger partial charge in [-0.25, -0.2) is 14.4 Å². The molecule has 9 heteroatoms. The number of likely N-dealkylation sites (tertiary alicyclic amines) is 1. The average Bonchev–Trinajstić information content (AvgIpc) is 3.19. The molecule has 4 aliphatic heterocycles. The number of hydrogen-bond acceptors (Lipinski definition) is 7. The fourth-order valence-electron chi connectivity index (χ4n) is 5.71. The number of aromatic nitrogens is 2. The van der Waals surface area contributed by atoms with Gasteiger partial charge in [0.15, 0.2) is 17.3 Å². The van der Waals surface area contributed by atoms with Gasteiger partial charge < -0.3 is 19.3 Å². The van der Waals surface area contributed by atoms with Crippen LogP contribution in [0.15, 0.2) is 71.9 Å². The van der Waals surface area contributed by atoms with Gasteiger partial charge in [0.05, 0.1) is 18.9 Å². The van der Waals surface area contributed by atoms with Crippen LogP contribution in [0.3, 0.4) is 0 Å². The lowest BCUT2D eigenvalue weighted by Crippen LogP contribution is -2.56. The Labute approximate surface area is 210 Å². The number of piperazine rings is 1. The number of rotatable bonds is 5. The second-order valence-electron chi connectivity index (χ2n) is 9.87. The van der Waals surface area contributed by atoms with Gasteiger partial charge >= 0.3 is 0 Å². The van der Waals surface area contributed by atoms with Crippen LogP contribution in [-0.2, 0) is 14.3 Å². The first-order valence-electron chi connectivity index (χ1n) is 12.7. The molecule has 1 amide bonds. The Morgan fingerprint density at radius 1 is 1.06 bits per heavy atom. The quantitative estimate of drug-likeness (QED) is 0.625. The third-order valence-electron chi connectivity index (χ3n) is 7.53. The number of anilines is 1. The minimum Gasteiger partial charge on any atom is -0.465 e. The Morgan fingerprint density at radius 3 is 2.47 bits per heavy atom. The number of carbonyl (C=O) groups excluding carboxylic acids is 1. The minimum atomic E-state index is -0.427. The zero-order valence-corrected chi connectivity index (χ0v) is 20.2. The summed E-state index contributed by atoms with van der Waals surface area (Å²) in [5.41, 5.74) is 2.21. The largest absolute Gasteiger partial charge is 0.465 e. The van der Waals surface area contributed by atoms with Crippen molar-refractivity contribution in [2.75, 3.05) is 37.6 Å². The molecule has 5 aliphatic rings. The fraction of sp³-hybridized carbons (Fsp3) is 0.444. The van der Waals surface area contributed by atoms with Crippen molar-refractivity contribution >= 4 is 11.9 Å². The highest BCUT2D eigenvalue weighted by atomic mass is 19.1. The van der Waals surface area contributed by atoms with E-state index in [0.717, 1.165) is 67.9 Å². The molecule has 2 bridgehead atoms. The highest BCUT2D eigenvalue weighted by Gasteiger charge is 2.42. The van der Waals surface area contributed by atoms with Crippen LogP contribution in [0.25, 0.3) is 0 Å². The van der Waals surface area contributed by atoms with Crippen molar-refractivity contribution < 1.29 is 18.7 Å². The Bertz CT molecular complexity index is 1160. The molecule has 1 aliphatic carbocycles. The van der Waals surface area contributed by atoms with Gasteiger partial charge in [-0.05, 0) is 43.3 Å². The van der Waals surface area contributed by atoms with Crippen molar-refractivity contribution in [1.82, 2.24) is 19.8 Å². The molecule has 0 N–H and O–H groups in total. The SMILES string of the molecule is O=C(CN1CC2CCC(C1)N2c1ncc(F)cn1)N1CC=C(C2=COC=C(C3=CC=CCC3)O2)CC1. The van der Waals surface area contributed by atoms with Gasteiger partial charge in [0, 0.05) is 38.3 Å². The second-order valence-corrected chi connectivity index (χ2v) is 9.87. The summed E-state index contributed by atoms with van der Waals surface area (Å²) in [6, 6.07) is 0.504. The zero-order chi connectivity index (χ0) is 24.5. The molecular formula is C27H30FN5O3. The summed E-state index contributed by atoms with van der Waals surface area (Å²) in [7, 11) is 0. The number of hydrogen-bond donors (Lipinski definition) is 0. The first-order valence-corrected chi connectivity index (χ1v) is 12.7. The second kappa shape index (κ2) is 9.89. The van der Waals surface area contributed by atoms with E-state index in [1.165, 1.54) is 12.4 Å². The van der Waals surface area contributed by atoms with Gasteiger partial charge in [0.25, 0.3) is 0 Å². The van der Waals surface area contributed by atoms with Crippen molar-refractivity contribution in [3.05, 3.63) is 77.7 Å². The standard InChI is InChI=1S/C27H30FN5O3/c28-21-12-29-27(30-13-21)33-22-6-7-23(33)15-31(14-22)16-26(34)32-10-8-20(9-11-32)25-18-35-17-24(36-25)19-4-2-1-3-5-19/h1-2,4,8,12-13,17-18,22-23H,3,5-7,9-11,14-16H2. The van der Waals surface area contributed by atoms with Gasteiger partial charge in [0.1, 0.15) is 12.5 Å². The predicted molar refractivity (Wildman–Crippen MR) is 132 cm³/mol. The summed E-state index contributed by atoms with van der Waals surface area (Å²) >= 11 is 0. The number of ether oxygens (including phenoxy) is 2. The Morgan fingerprint density at radius 2 is 1.81 bits per heavy atom. The highest BCUT2D eigenvalue weighted by Crippen LogP contribution is 2.33. The average molecular weight is 492 g/mol. The number of amides is 1. The van der Waals surface area contributed by atoms with Crippen LogP contribution < -0.4 is 4.90 Å². The monoisotopic (exact) mass is 491 g/mol. The molecule has 0 radical (unpaired) electrons. The number of allylic oxidation sites excluding steroid dienone is 5. The lowest BCUT2D eigenvalue weighted by molar-refractivity contribution is -0.132. The topological polar surface area (TPSA) is 71.0 Å². The van der Waals surface area contributed by atoms with Gasteiger partial charge in [-0.1, -0.05) is 24.3 Å². The Hall–Kier alpha value is -3.46. The van der Waals surface area contributed by atoms with Crippen LogP contribution in [0.2, 0.25) is 0 Å². The van der Waals surface area contributed by atoms with Crippen molar-refractivity contribution in [2.45, 2.75) is 44.2 Å². The molecule has 0 aromatic carbocycles. The van der Waals surface area contributed by atoms with Gasteiger partial charge in [-0.3, -0.25) is 9.69 Å². The van der Waals surface area contributed by atoms with Crippen LogP contribution in [0.1, 0.15) is 32.1 Å². The fourth-order valence-corrected chi connectivity index (χ4v) is 5.71. The molecule has 1 aromatic heterocycles. The molecule has 0 saturated carbocycles. The summed E-state index contributed by atoms with van der Waals surface area (Å²) in [5, 5.41) is 0. The predicted octanol–water partition coefficient (Wildman–Crippen LogP) is 3.43. The molecule has 2 atom stereocenters. The first-order chi connectivity index (χ1) is 17.6. The van der Waals surface area contributed by atoms with Crippen molar-refractivity contribution in [2.24, 2.45) is 0 Å². The van der Waals surface area contributed by atoms with Crippen molar-refractivity contribution in [3.8, 4) is 0 Å². The molecule has 2 fully saturated rings. The van der Waals surface area contributed by atoms with E-state index in [4.69, 9.17) is 9.47 Å². The molecule has 0 spiro atoms. The summed E-state index contributed by atoms with van der Waals surface area (Å²) in [5.74, 6) is 1.79. The maximum absolute atomic E-state index is 13.2. The Kier molecular flexibility index (Phi) is 6.31. The summed E-state index contributed by atoms with van der Waals surface area (Å²) < 4.78 is 25.0. The van der Waals surface area contributed by atoms with Crippen LogP contribution in [0, 0.1) is 5.82 Å². The van der Waals surface area contributed by atoms with Gasteiger partial charge in [-0.2, -0.15) is 0 Å². The number of fused-ring (bicyclic) bond motifs is 2. The van der Waals surface area contributed by atoms with E-state index >= 15 is 0 Å². The molecule has 2 saturated heterocycles. The van der Waals surface area contributed by atoms with Gasteiger partial charge in [0.2, 0.25) is 11.9 Å². The molecule has 6 rings (SSSR count). The highest BCUT2D eigenvalue weighted by molar-refractivity contribution is 5.78. The molecule has 1 aromatic rings. The minimum absolute atomic E-state index is 0.144. The van der Waals surface area contributed by atoms with E-state index in [1.807, 2.05) is 11.0 Å². The normalized spacial score (nSPS) is 25.9. The third-order valence-corrected chi connectivity index (χ3v) is 7.53. The number of halogens is 1. The maximum atomic E-state index is 13.2. The molecule has 36 heavy (non-hydrogen) atoms. The third kappa shape index (κ3) is 4.67. The van der Waals surface area contributed by atoms with E-state index in [-0.39, 0.29) is 18.0 Å². The smallest absolute Gasteiger partial charge is 0.237 e. The molecule has 188 valence electrons. The lowest BCUT2D eigenvalue weighted by Gasteiger charge is -2.41. The van der Waals surface area contributed by atoms with E-state index < -0.39 is 5.82 Å². The van der Waals surface area contributed by atoms with Crippen LogP contribution in [-0.4, -0.2) is 70.5 Å². The van der Waals surface area contributed by atoms with Crippen LogP contribution >= 0.6 is 0 Å². The first kappa shape index (κ1) is 23.0. The molecule has 5 heterocycles. The van der Waals surface area contributed by atoms with Crippen LogP contribution in [0.5, 0.6) is 0 Å². The number of carbonyl (C=O) groups is 1. The van der Waals surface area contributed by atoms with E-state index in [0.29, 0.717) is 25.6 Å². The van der Waals surface area contributed by atoms with Crippen LogP contribution in [0.4, 0.5) is 10.3 Å². The molecule has 8 nitrogen and oxygen atoms in total. The van der Waals surface area contributed by atoms with E-state index in [9.17, 15) is 9.18 Å². The molecule has 2 unspecified atom stereocenters. The Balaban J connectivity index is 1.03. The van der Waals surface area contributed by atoms with Gasteiger partial charge in [-0.15, -0.1) is 0 Å². The van der Waals surface area contributed by atoms with E-state index in [2.05, 4.69) is 38.0 Å². The summed E-state index contributed by atoms with van der Waals surface area (Å²) in [6.45, 7) is 3.21. The zero-order valence-electron chi connectivity index (χ0n) is 20.2. The lowest BCUT2D eigenvalue weighted by atomic mass is 10.0. The van der Waals surface area contributed by atoms with E-state index in [1.54, 1.807) is 12.5 Å². The maximum Gasteiger partial charge on any atom is 0.237 e. The van der Waals surface area contributed by atoms with Crippen molar-refractivity contribution in [3.63, 3.8) is 0 Å². The summed E-state index contributed by atoms with van der Waals surface area (Å²) in [4.78, 5) is 27.8. The summed E-state index contributed by atoms with van der Waals surface area (Å²) in [6.07, 6.45) is 18.8. The van der Waals surface area contributed by atoms with Crippen molar-refractivity contribution in [1.29, 1.82) is 0 Å². The molecular weight excluding hydrogens is 461 g/mol. The number of nitrogens with zero attached hydrogens (tertiary/aromatic N) is 5.